The van der Waals surface area contributed by atoms with Crippen LogP contribution in [0, 0.1) is 5.95 Å². The Kier molecular flexibility index (Phi) is 2.56. The third-order valence-electron chi connectivity index (χ3n) is 1.19. The minimum absolute atomic E-state index is 0.0854. The molecule has 0 atom stereocenters. The molecule has 66 valence electrons. The first-order chi connectivity index (χ1) is 5.52. The molecule has 0 aliphatic carbocycles. The van der Waals surface area contributed by atoms with Crippen LogP contribution < -0.4 is 5.73 Å². The number of rotatable bonds is 1. The van der Waals surface area contributed by atoms with Crippen LogP contribution in [0.1, 0.15) is 12.1 Å². The van der Waals surface area contributed by atoms with Crippen molar-refractivity contribution in [3.8, 4) is 0 Å². The summed E-state index contributed by atoms with van der Waals surface area (Å²) in [5, 5.41) is 0. The Morgan fingerprint density at radius 3 is 2.50 bits per heavy atom. The molecule has 0 aliphatic rings. The third kappa shape index (κ3) is 1.69. The first-order valence-corrected chi connectivity index (χ1v) is 3.71. The van der Waals surface area contributed by atoms with Crippen LogP contribution in [0.4, 0.5) is 18.9 Å². The highest BCUT2D eigenvalue weighted by Gasteiger charge is 2.14. The number of hydrogen-bond donors (Lipinski definition) is 1. The highest BCUT2D eigenvalue weighted by Crippen LogP contribution is 2.26. The van der Waals surface area contributed by atoms with Crippen LogP contribution in [0.3, 0.4) is 0 Å². The molecule has 1 rings (SSSR count). The zero-order valence-electron chi connectivity index (χ0n) is 5.69. The highest BCUT2D eigenvalue weighted by atomic mass is 79.9. The fourth-order valence-corrected chi connectivity index (χ4v) is 0.851. The van der Waals surface area contributed by atoms with Crippen molar-refractivity contribution in [3.63, 3.8) is 0 Å². The lowest BCUT2D eigenvalue weighted by atomic mass is 10.3. The first-order valence-electron chi connectivity index (χ1n) is 2.92. The van der Waals surface area contributed by atoms with E-state index in [-0.39, 0.29) is 10.2 Å². The number of nitrogen functional groups attached to an aromatic ring is 1. The molecule has 1 aromatic rings. The van der Waals surface area contributed by atoms with Gasteiger partial charge in [0, 0.05) is 0 Å². The summed E-state index contributed by atoms with van der Waals surface area (Å²) in [5.41, 5.74) is 4.45. The molecule has 0 amide bonds. The van der Waals surface area contributed by atoms with E-state index in [0.717, 1.165) is 6.07 Å². The second-order valence-corrected chi connectivity index (χ2v) is 2.83. The Labute approximate surface area is 74.7 Å². The quantitative estimate of drug-likeness (QED) is 0.767. The van der Waals surface area contributed by atoms with Gasteiger partial charge < -0.3 is 5.73 Å². The first kappa shape index (κ1) is 9.31. The van der Waals surface area contributed by atoms with E-state index in [4.69, 9.17) is 5.73 Å². The van der Waals surface area contributed by atoms with Gasteiger partial charge in [-0.2, -0.15) is 4.39 Å². The zero-order valence-corrected chi connectivity index (χ0v) is 7.28. The maximum Gasteiger partial charge on any atom is 0.280 e. The molecule has 12 heavy (non-hydrogen) atoms. The maximum absolute atomic E-state index is 12.6. The lowest BCUT2D eigenvalue weighted by molar-refractivity contribution is 0.145. The Morgan fingerprint density at radius 1 is 1.50 bits per heavy atom. The van der Waals surface area contributed by atoms with Crippen LogP contribution in [-0.4, -0.2) is 4.98 Å². The number of hydrogen-bond acceptors (Lipinski definition) is 2. The minimum Gasteiger partial charge on any atom is -0.398 e. The Balaban J connectivity index is 3.21. The highest BCUT2D eigenvalue weighted by molar-refractivity contribution is 9.10. The lowest BCUT2D eigenvalue weighted by Crippen LogP contribution is -1.99. The van der Waals surface area contributed by atoms with E-state index in [2.05, 4.69) is 20.9 Å². The molecule has 0 radical (unpaired) electrons. The smallest absolute Gasteiger partial charge is 0.280 e. The average molecular weight is 241 g/mol. The van der Waals surface area contributed by atoms with Crippen molar-refractivity contribution >= 4 is 21.6 Å². The number of pyridine rings is 1. The average Bonchev–Trinajstić information content (AvgIpc) is 1.99. The van der Waals surface area contributed by atoms with Crippen LogP contribution in [0.2, 0.25) is 0 Å². The fraction of sp³-hybridized carbons (Fsp3) is 0.167. The normalized spacial score (nSPS) is 10.8. The van der Waals surface area contributed by atoms with Gasteiger partial charge in [-0.25, -0.2) is 13.8 Å². The summed E-state index contributed by atoms with van der Waals surface area (Å²) in [4.78, 5) is 2.99. The van der Waals surface area contributed by atoms with E-state index < -0.39 is 18.1 Å². The molecule has 0 bridgehead atoms. The number of alkyl halides is 2. The van der Waals surface area contributed by atoms with E-state index in [1.807, 2.05) is 0 Å². The largest absolute Gasteiger partial charge is 0.398 e. The Morgan fingerprint density at radius 2 is 2.08 bits per heavy atom. The van der Waals surface area contributed by atoms with Crippen LogP contribution in [0.5, 0.6) is 0 Å². The van der Waals surface area contributed by atoms with Crippen molar-refractivity contribution in [1.29, 1.82) is 0 Å². The van der Waals surface area contributed by atoms with Crippen LogP contribution >= 0.6 is 15.9 Å². The molecule has 0 aromatic carbocycles. The molecule has 0 saturated carbocycles. The summed E-state index contributed by atoms with van der Waals surface area (Å²) in [6, 6.07) is 0.928. The molecule has 0 aliphatic heterocycles. The molecule has 1 heterocycles. The Bertz CT molecular complexity index is 280. The predicted octanol–water partition coefficient (Wildman–Crippen LogP) is 2.50. The van der Waals surface area contributed by atoms with Crippen LogP contribution in [0.25, 0.3) is 0 Å². The van der Waals surface area contributed by atoms with Gasteiger partial charge in [0.1, 0.15) is 5.69 Å². The molecule has 2 nitrogen and oxygen atoms in total. The lowest BCUT2D eigenvalue weighted by Gasteiger charge is -2.02. The maximum atomic E-state index is 12.6. The number of nitrogens with zero attached hydrogens (tertiary/aromatic N) is 1. The summed E-state index contributed by atoms with van der Waals surface area (Å²) >= 11 is 2.75. The molecular weight excluding hydrogens is 237 g/mol. The van der Waals surface area contributed by atoms with Crippen LogP contribution in [0.15, 0.2) is 10.5 Å². The van der Waals surface area contributed by atoms with E-state index in [9.17, 15) is 13.2 Å². The second-order valence-electron chi connectivity index (χ2n) is 2.04. The standard InChI is InChI=1S/C6H4BrF3N2/c7-4-2(11)1-3(5(8)9)12-6(4)10/h1,5H,(H2,11,12). The van der Waals surface area contributed by atoms with Crippen molar-refractivity contribution in [2.75, 3.05) is 5.73 Å². The summed E-state index contributed by atoms with van der Waals surface area (Å²) in [6.07, 6.45) is -2.81. The van der Waals surface area contributed by atoms with Crippen molar-refractivity contribution in [2.24, 2.45) is 0 Å². The third-order valence-corrected chi connectivity index (χ3v) is 1.97. The van der Waals surface area contributed by atoms with Crippen molar-refractivity contribution in [3.05, 3.63) is 22.2 Å². The summed E-state index contributed by atoms with van der Waals surface area (Å²) in [7, 11) is 0. The minimum atomic E-state index is -2.81. The molecule has 0 spiro atoms. The van der Waals surface area contributed by atoms with Crippen molar-refractivity contribution in [1.82, 2.24) is 4.98 Å². The molecule has 0 unspecified atom stereocenters. The molecule has 6 heteroatoms. The number of aromatic nitrogens is 1. The van der Waals surface area contributed by atoms with E-state index in [1.54, 1.807) is 0 Å². The van der Waals surface area contributed by atoms with Gasteiger partial charge in [-0.1, -0.05) is 0 Å². The molecule has 0 saturated heterocycles. The SMILES string of the molecule is Nc1cc(C(F)F)nc(F)c1Br. The van der Waals surface area contributed by atoms with Gasteiger partial charge in [-0.3, -0.25) is 0 Å². The fourth-order valence-electron chi connectivity index (χ4n) is 0.648. The van der Waals surface area contributed by atoms with Crippen molar-refractivity contribution < 1.29 is 13.2 Å². The van der Waals surface area contributed by atoms with Gasteiger partial charge in [-0.05, 0) is 22.0 Å². The van der Waals surface area contributed by atoms with Gasteiger partial charge in [0.15, 0.2) is 0 Å². The van der Waals surface area contributed by atoms with Gasteiger partial charge in [0.2, 0.25) is 5.95 Å². The summed E-state index contributed by atoms with van der Waals surface area (Å²) in [6.45, 7) is 0. The summed E-state index contributed by atoms with van der Waals surface area (Å²) in [5.74, 6) is -1.02. The summed E-state index contributed by atoms with van der Waals surface area (Å²) < 4.78 is 36.5. The Hall–Kier alpha value is -0.780. The molecule has 2 N–H and O–H groups in total. The zero-order chi connectivity index (χ0) is 9.30. The van der Waals surface area contributed by atoms with Crippen molar-refractivity contribution in [2.45, 2.75) is 6.43 Å². The van der Waals surface area contributed by atoms with E-state index >= 15 is 0 Å². The van der Waals surface area contributed by atoms with E-state index in [1.165, 1.54) is 0 Å². The van der Waals surface area contributed by atoms with E-state index in [0.29, 0.717) is 0 Å². The van der Waals surface area contributed by atoms with Gasteiger partial charge >= 0.3 is 0 Å². The second kappa shape index (κ2) is 3.30. The molecular formula is C6H4BrF3N2. The molecule has 0 fully saturated rings. The monoisotopic (exact) mass is 240 g/mol. The number of nitrogens with two attached hydrogens (primary N) is 1. The van der Waals surface area contributed by atoms with Crippen LogP contribution in [-0.2, 0) is 0 Å². The van der Waals surface area contributed by atoms with Gasteiger partial charge in [-0.15, -0.1) is 0 Å². The van der Waals surface area contributed by atoms with Gasteiger partial charge in [0.05, 0.1) is 10.2 Å². The van der Waals surface area contributed by atoms with Gasteiger partial charge in [0.25, 0.3) is 6.43 Å². The number of halogens is 4. The number of anilines is 1. The topological polar surface area (TPSA) is 38.9 Å². The predicted molar refractivity (Wildman–Crippen MR) is 41.3 cm³/mol. The molecule has 1 aromatic heterocycles.